The third-order valence-electron chi connectivity index (χ3n) is 3.08. The van der Waals surface area contributed by atoms with Crippen molar-refractivity contribution in [2.24, 2.45) is 0 Å². The first-order chi connectivity index (χ1) is 11.5. The number of rotatable bonds is 6. The van der Waals surface area contributed by atoms with Gasteiger partial charge in [0, 0.05) is 13.1 Å². The largest absolute Gasteiger partial charge is 0.452 e. The van der Waals surface area contributed by atoms with E-state index in [4.69, 9.17) is 10.00 Å². The summed E-state index contributed by atoms with van der Waals surface area (Å²) in [4.78, 5) is 47.1. The average Bonchev–Trinajstić information content (AvgIpc) is 2.91. The maximum Gasteiger partial charge on any atom is 0.338 e. The minimum absolute atomic E-state index is 0.0833. The van der Waals surface area contributed by atoms with Crippen LogP contribution in [0.15, 0.2) is 24.3 Å². The number of carbonyl (C=O) groups is 4. The standard InChI is InChI=1S/C15H13N3O5S/c16-7-10-1-3-11(4-2-10)14(21)23-8-12(19)17-5-6-18-13(20)9-24-15(18)22/h1-4H,5-6,8-9H2,(H,17,19). The number of nitrogens with one attached hydrogen (secondary N) is 1. The quantitative estimate of drug-likeness (QED) is 0.746. The zero-order valence-corrected chi connectivity index (χ0v) is 13.3. The van der Waals surface area contributed by atoms with Crippen LogP contribution in [0.25, 0.3) is 0 Å². The van der Waals surface area contributed by atoms with Crippen LogP contribution in [0.4, 0.5) is 4.79 Å². The molecule has 1 fully saturated rings. The minimum Gasteiger partial charge on any atom is -0.452 e. The monoisotopic (exact) mass is 347 g/mol. The lowest BCUT2D eigenvalue weighted by molar-refractivity contribution is -0.126. The molecule has 1 aliphatic heterocycles. The van der Waals surface area contributed by atoms with E-state index in [0.29, 0.717) is 5.56 Å². The van der Waals surface area contributed by atoms with Crippen LogP contribution in [0.3, 0.4) is 0 Å². The van der Waals surface area contributed by atoms with E-state index in [1.54, 1.807) is 0 Å². The Morgan fingerprint density at radius 2 is 2.00 bits per heavy atom. The zero-order valence-electron chi connectivity index (χ0n) is 12.5. The van der Waals surface area contributed by atoms with E-state index in [1.807, 2.05) is 6.07 Å². The molecule has 1 N–H and O–H groups in total. The molecule has 3 amide bonds. The number of ether oxygens (including phenoxy) is 1. The van der Waals surface area contributed by atoms with E-state index in [9.17, 15) is 19.2 Å². The van der Waals surface area contributed by atoms with Crippen molar-refractivity contribution in [2.45, 2.75) is 0 Å². The molecule has 24 heavy (non-hydrogen) atoms. The summed E-state index contributed by atoms with van der Waals surface area (Å²) < 4.78 is 4.84. The van der Waals surface area contributed by atoms with E-state index in [-0.39, 0.29) is 35.6 Å². The Bertz CT molecular complexity index is 695. The van der Waals surface area contributed by atoms with Crippen molar-refractivity contribution in [1.82, 2.24) is 10.2 Å². The summed E-state index contributed by atoms with van der Waals surface area (Å²) >= 11 is 0.922. The Hall–Kier alpha value is -2.86. The Morgan fingerprint density at radius 1 is 1.29 bits per heavy atom. The van der Waals surface area contributed by atoms with Crippen molar-refractivity contribution in [3.05, 3.63) is 35.4 Å². The van der Waals surface area contributed by atoms with Gasteiger partial charge in [-0.3, -0.25) is 19.3 Å². The number of carbonyl (C=O) groups excluding carboxylic acids is 4. The highest BCUT2D eigenvalue weighted by molar-refractivity contribution is 8.14. The topological polar surface area (TPSA) is 117 Å². The summed E-state index contributed by atoms with van der Waals surface area (Å²) in [5.74, 6) is -1.39. The van der Waals surface area contributed by atoms with Gasteiger partial charge in [-0.05, 0) is 24.3 Å². The molecule has 0 aliphatic carbocycles. The maximum absolute atomic E-state index is 11.7. The summed E-state index contributed by atoms with van der Waals surface area (Å²) in [6.07, 6.45) is 0. The van der Waals surface area contributed by atoms with E-state index >= 15 is 0 Å². The highest BCUT2D eigenvalue weighted by Gasteiger charge is 2.29. The number of nitriles is 1. The van der Waals surface area contributed by atoms with Crippen molar-refractivity contribution >= 4 is 34.8 Å². The molecule has 0 saturated carbocycles. The number of hydrogen-bond acceptors (Lipinski definition) is 7. The molecule has 1 aromatic rings. The van der Waals surface area contributed by atoms with Gasteiger partial charge in [0.05, 0.1) is 22.9 Å². The molecule has 0 spiro atoms. The van der Waals surface area contributed by atoms with Crippen molar-refractivity contribution in [3.8, 4) is 6.07 Å². The second kappa shape index (κ2) is 8.12. The van der Waals surface area contributed by atoms with Crippen LogP contribution in [0.2, 0.25) is 0 Å². The van der Waals surface area contributed by atoms with Gasteiger partial charge in [0.25, 0.3) is 11.1 Å². The second-order valence-electron chi connectivity index (χ2n) is 4.72. The molecule has 0 radical (unpaired) electrons. The smallest absolute Gasteiger partial charge is 0.338 e. The molecule has 0 aromatic heterocycles. The van der Waals surface area contributed by atoms with Gasteiger partial charge in [-0.2, -0.15) is 5.26 Å². The highest BCUT2D eigenvalue weighted by Crippen LogP contribution is 2.17. The summed E-state index contributed by atoms with van der Waals surface area (Å²) in [5.41, 5.74) is 0.639. The normalized spacial score (nSPS) is 13.5. The molecule has 8 nitrogen and oxygen atoms in total. The predicted molar refractivity (Wildman–Crippen MR) is 84.0 cm³/mol. The molecular weight excluding hydrogens is 334 g/mol. The van der Waals surface area contributed by atoms with Crippen LogP contribution in [-0.4, -0.2) is 53.4 Å². The summed E-state index contributed by atoms with van der Waals surface area (Å²) in [6.45, 7) is -0.305. The summed E-state index contributed by atoms with van der Waals surface area (Å²) in [6, 6.07) is 7.73. The van der Waals surface area contributed by atoms with Crippen LogP contribution in [0.1, 0.15) is 15.9 Å². The van der Waals surface area contributed by atoms with Gasteiger partial charge in [-0.1, -0.05) is 11.8 Å². The first-order valence-electron chi connectivity index (χ1n) is 6.92. The number of nitrogens with zero attached hydrogens (tertiary/aromatic N) is 2. The number of amides is 3. The first-order valence-corrected chi connectivity index (χ1v) is 7.91. The summed E-state index contributed by atoms with van der Waals surface area (Å²) in [5, 5.41) is 10.8. The van der Waals surface area contributed by atoms with Gasteiger partial charge in [0.1, 0.15) is 0 Å². The van der Waals surface area contributed by atoms with Crippen LogP contribution in [0, 0.1) is 11.3 Å². The Morgan fingerprint density at radius 3 is 2.58 bits per heavy atom. The van der Waals surface area contributed by atoms with Crippen LogP contribution >= 0.6 is 11.8 Å². The highest BCUT2D eigenvalue weighted by atomic mass is 32.2. The fraction of sp³-hybridized carbons (Fsp3) is 0.267. The Labute approximate surface area is 141 Å². The molecule has 1 aliphatic rings. The molecule has 0 bridgehead atoms. The number of benzene rings is 1. The van der Waals surface area contributed by atoms with Crippen molar-refractivity contribution in [1.29, 1.82) is 5.26 Å². The second-order valence-corrected chi connectivity index (χ2v) is 5.64. The Kier molecular flexibility index (Phi) is 5.92. The number of imide groups is 1. The zero-order chi connectivity index (χ0) is 17.5. The fourth-order valence-electron chi connectivity index (χ4n) is 1.85. The maximum atomic E-state index is 11.7. The van der Waals surface area contributed by atoms with Gasteiger partial charge < -0.3 is 10.1 Å². The van der Waals surface area contributed by atoms with Crippen LogP contribution in [-0.2, 0) is 14.3 Å². The molecule has 1 aromatic carbocycles. The molecule has 2 rings (SSSR count). The number of thioether (sulfide) groups is 1. The lowest BCUT2D eigenvalue weighted by atomic mass is 10.1. The molecule has 1 heterocycles. The van der Waals surface area contributed by atoms with Gasteiger partial charge >= 0.3 is 5.97 Å². The minimum atomic E-state index is -0.684. The molecule has 124 valence electrons. The summed E-state index contributed by atoms with van der Waals surface area (Å²) in [7, 11) is 0. The van der Waals surface area contributed by atoms with Gasteiger partial charge in [-0.15, -0.1) is 0 Å². The van der Waals surface area contributed by atoms with Gasteiger partial charge in [0.2, 0.25) is 5.91 Å². The van der Waals surface area contributed by atoms with Crippen molar-refractivity contribution < 1.29 is 23.9 Å². The van der Waals surface area contributed by atoms with Crippen molar-refractivity contribution in [2.75, 3.05) is 25.4 Å². The fourth-order valence-corrected chi connectivity index (χ4v) is 2.60. The molecule has 1 saturated heterocycles. The van der Waals surface area contributed by atoms with Crippen LogP contribution < -0.4 is 5.32 Å². The number of esters is 1. The predicted octanol–water partition coefficient (Wildman–Crippen LogP) is 0.527. The third kappa shape index (κ3) is 4.57. The average molecular weight is 347 g/mol. The van der Waals surface area contributed by atoms with E-state index in [2.05, 4.69) is 5.32 Å². The van der Waals surface area contributed by atoms with E-state index in [1.165, 1.54) is 24.3 Å². The van der Waals surface area contributed by atoms with Gasteiger partial charge in [0.15, 0.2) is 6.61 Å². The van der Waals surface area contributed by atoms with Crippen LogP contribution in [0.5, 0.6) is 0 Å². The molecule has 0 unspecified atom stereocenters. The van der Waals surface area contributed by atoms with Gasteiger partial charge in [-0.25, -0.2) is 4.79 Å². The third-order valence-corrected chi connectivity index (χ3v) is 3.94. The van der Waals surface area contributed by atoms with Crippen molar-refractivity contribution in [3.63, 3.8) is 0 Å². The SMILES string of the molecule is N#Cc1ccc(C(=O)OCC(=O)NCCN2C(=O)CSC2=O)cc1. The molecule has 0 atom stereocenters. The first kappa shape index (κ1) is 17.5. The van der Waals surface area contributed by atoms with E-state index in [0.717, 1.165) is 16.7 Å². The Balaban J connectivity index is 1.70. The molecular formula is C15H13N3O5S. The number of hydrogen-bond donors (Lipinski definition) is 1. The lowest BCUT2D eigenvalue weighted by Gasteiger charge is -2.13. The van der Waals surface area contributed by atoms with E-state index < -0.39 is 18.5 Å². The molecule has 9 heteroatoms. The lowest BCUT2D eigenvalue weighted by Crippen LogP contribution is -2.38.